The van der Waals surface area contributed by atoms with Crippen LogP contribution in [0.3, 0.4) is 0 Å². The molecule has 0 spiro atoms. The predicted octanol–water partition coefficient (Wildman–Crippen LogP) is 0.974. The van der Waals surface area contributed by atoms with Gasteiger partial charge in [-0.2, -0.15) is 0 Å². The van der Waals surface area contributed by atoms with Gasteiger partial charge in [0, 0.05) is 32.6 Å². The number of amides is 1. The summed E-state index contributed by atoms with van der Waals surface area (Å²) in [6, 6.07) is 0. The Kier molecular flexibility index (Phi) is 2.99. The van der Waals surface area contributed by atoms with Crippen molar-refractivity contribution in [2.45, 2.75) is 18.9 Å². The number of carbonyl (C=O) groups excluding carboxylic acids is 1. The Labute approximate surface area is 106 Å². The molecular formula is C13H17N3O2. The van der Waals surface area contributed by atoms with E-state index in [1.165, 1.54) is 6.33 Å². The molecule has 0 N–H and O–H groups in total. The lowest BCUT2D eigenvalue weighted by Gasteiger charge is -2.18. The van der Waals surface area contributed by atoms with Crippen molar-refractivity contribution in [3.8, 4) is 0 Å². The van der Waals surface area contributed by atoms with Crippen LogP contribution >= 0.6 is 0 Å². The van der Waals surface area contributed by atoms with Crippen molar-refractivity contribution in [3.63, 3.8) is 0 Å². The van der Waals surface area contributed by atoms with Gasteiger partial charge in [-0.05, 0) is 24.7 Å². The van der Waals surface area contributed by atoms with E-state index in [0.717, 1.165) is 25.9 Å². The first kappa shape index (κ1) is 11.6. The van der Waals surface area contributed by atoms with Crippen LogP contribution < -0.4 is 0 Å². The van der Waals surface area contributed by atoms with E-state index in [4.69, 9.17) is 4.74 Å². The molecule has 5 nitrogen and oxygen atoms in total. The van der Waals surface area contributed by atoms with Gasteiger partial charge in [0.25, 0.3) is 5.91 Å². The second-order valence-corrected chi connectivity index (χ2v) is 5.19. The molecule has 2 heterocycles. The third kappa shape index (κ3) is 1.99. The van der Waals surface area contributed by atoms with Gasteiger partial charge in [-0.25, -0.2) is 9.97 Å². The molecule has 1 saturated carbocycles. The van der Waals surface area contributed by atoms with E-state index in [0.29, 0.717) is 23.5 Å². The molecule has 0 bridgehead atoms. The maximum atomic E-state index is 12.2. The summed E-state index contributed by atoms with van der Waals surface area (Å²) in [5.41, 5.74) is 0.584. The predicted molar refractivity (Wildman–Crippen MR) is 64.9 cm³/mol. The summed E-state index contributed by atoms with van der Waals surface area (Å²) in [7, 11) is 1.77. The van der Waals surface area contributed by atoms with E-state index in [1.807, 2.05) is 4.90 Å². The summed E-state index contributed by atoms with van der Waals surface area (Å²) < 4.78 is 5.40. The minimum Gasteiger partial charge on any atom is -0.381 e. The van der Waals surface area contributed by atoms with E-state index in [2.05, 4.69) is 9.97 Å². The van der Waals surface area contributed by atoms with Crippen LogP contribution in [0.5, 0.6) is 0 Å². The van der Waals surface area contributed by atoms with Crippen molar-refractivity contribution in [1.29, 1.82) is 0 Å². The lowest BCUT2D eigenvalue weighted by Crippen LogP contribution is -2.30. The summed E-state index contributed by atoms with van der Waals surface area (Å²) in [5.74, 6) is 1.26. The fourth-order valence-electron chi connectivity index (χ4n) is 3.19. The molecule has 1 unspecified atom stereocenters. The van der Waals surface area contributed by atoms with Crippen LogP contribution in [0, 0.1) is 11.8 Å². The van der Waals surface area contributed by atoms with E-state index >= 15 is 0 Å². The zero-order valence-corrected chi connectivity index (χ0v) is 10.5. The molecule has 1 amide bonds. The number of likely N-dealkylation sites (tertiary alicyclic amines) is 1. The highest BCUT2D eigenvalue weighted by atomic mass is 16.5. The Balaban J connectivity index is 1.66. The monoisotopic (exact) mass is 247 g/mol. The van der Waals surface area contributed by atoms with Crippen LogP contribution in [-0.2, 0) is 4.74 Å². The number of ether oxygens (including phenoxy) is 1. The highest BCUT2D eigenvalue weighted by Crippen LogP contribution is 2.39. The number of methoxy groups -OCH3 is 1. The Morgan fingerprint density at radius 3 is 2.44 bits per heavy atom. The highest BCUT2D eigenvalue weighted by molar-refractivity contribution is 5.93. The standard InChI is InChI=1S/C13H17N3O2/c1-18-12-2-9-6-16(7-10(9)3-12)13(17)11-4-14-8-15-5-11/h4-5,8-10,12H,2-3,6-7H2,1H3/t9-,10+,12?. The highest BCUT2D eigenvalue weighted by Gasteiger charge is 2.42. The molecule has 1 aliphatic heterocycles. The van der Waals surface area contributed by atoms with Crippen molar-refractivity contribution in [2.24, 2.45) is 11.8 Å². The van der Waals surface area contributed by atoms with Crippen molar-refractivity contribution < 1.29 is 9.53 Å². The quantitative estimate of drug-likeness (QED) is 0.781. The molecule has 18 heavy (non-hydrogen) atoms. The molecule has 3 rings (SSSR count). The summed E-state index contributed by atoms with van der Waals surface area (Å²) in [6.45, 7) is 1.69. The molecule has 5 heteroatoms. The van der Waals surface area contributed by atoms with Crippen LogP contribution in [0.1, 0.15) is 23.2 Å². The maximum Gasteiger partial charge on any atom is 0.257 e. The largest absolute Gasteiger partial charge is 0.381 e. The van der Waals surface area contributed by atoms with Crippen molar-refractivity contribution >= 4 is 5.91 Å². The van der Waals surface area contributed by atoms with Gasteiger partial charge in [0.05, 0.1) is 11.7 Å². The van der Waals surface area contributed by atoms with Crippen LogP contribution in [0.15, 0.2) is 18.7 Å². The first-order valence-corrected chi connectivity index (χ1v) is 6.35. The van der Waals surface area contributed by atoms with Crippen molar-refractivity contribution in [1.82, 2.24) is 14.9 Å². The van der Waals surface area contributed by atoms with E-state index in [1.54, 1.807) is 19.5 Å². The minimum atomic E-state index is 0.0546. The van der Waals surface area contributed by atoms with E-state index in [9.17, 15) is 4.79 Å². The molecule has 1 aromatic heterocycles. The Bertz CT molecular complexity index is 423. The lowest BCUT2D eigenvalue weighted by molar-refractivity contribution is 0.0730. The fraction of sp³-hybridized carbons (Fsp3) is 0.615. The molecule has 2 aliphatic rings. The van der Waals surface area contributed by atoms with E-state index in [-0.39, 0.29) is 5.91 Å². The Morgan fingerprint density at radius 2 is 1.89 bits per heavy atom. The second-order valence-electron chi connectivity index (χ2n) is 5.19. The normalized spacial score (nSPS) is 30.5. The van der Waals surface area contributed by atoms with Crippen molar-refractivity contribution in [2.75, 3.05) is 20.2 Å². The molecule has 2 fully saturated rings. The topological polar surface area (TPSA) is 55.3 Å². The SMILES string of the molecule is COC1C[C@@H]2CN(C(=O)c3cncnc3)C[C@@H]2C1. The van der Waals surface area contributed by atoms with Crippen LogP contribution in [0.4, 0.5) is 0 Å². The molecule has 3 atom stereocenters. The van der Waals surface area contributed by atoms with Gasteiger partial charge in [-0.1, -0.05) is 0 Å². The number of carbonyl (C=O) groups is 1. The van der Waals surface area contributed by atoms with Crippen LogP contribution in [-0.4, -0.2) is 47.1 Å². The summed E-state index contributed by atoms with van der Waals surface area (Å²) >= 11 is 0. The maximum absolute atomic E-state index is 12.2. The Hall–Kier alpha value is -1.49. The number of aromatic nitrogens is 2. The first-order valence-electron chi connectivity index (χ1n) is 6.35. The summed E-state index contributed by atoms with van der Waals surface area (Å²) in [4.78, 5) is 22.0. The molecule has 0 aromatic carbocycles. The van der Waals surface area contributed by atoms with Gasteiger partial charge in [0.2, 0.25) is 0 Å². The Morgan fingerprint density at radius 1 is 1.28 bits per heavy atom. The molecular weight excluding hydrogens is 230 g/mol. The summed E-state index contributed by atoms with van der Waals surface area (Å²) in [5, 5.41) is 0. The van der Waals surface area contributed by atoms with Crippen molar-refractivity contribution in [3.05, 3.63) is 24.3 Å². The molecule has 1 aliphatic carbocycles. The van der Waals surface area contributed by atoms with Gasteiger partial charge in [-0.3, -0.25) is 4.79 Å². The van der Waals surface area contributed by atoms with Gasteiger partial charge in [0.15, 0.2) is 0 Å². The van der Waals surface area contributed by atoms with E-state index < -0.39 is 0 Å². The number of hydrogen-bond donors (Lipinski definition) is 0. The average molecular weight is 247 g/mol. The second kappa shape index (κ2) is 4.65. The molecule has 0 radical (unpaired) electrons. The third-order valence-electron chi connectivity index (χ3n) is 4.14. The average Bonchev–Trinajstić information content (AvgIpc) is 2.96. The van der Waals surface area contributed by atoms with Gasteiger partial charge < -0.3 is 9.64 Å². The molecule has 96 valence electrons. The first-order chi connectivity index (χ1) is 8.78. The minimum absolute atomic E-state index is 0.0546. The van der Waals surface area contributed by atoms with Crippen LogP contribution in [0.2, 0.25) is 0 Å². The fourth-order valence-corrected chi connectivity index (χ4v) is 3.19. The zero-order valence-electron chi connectivity index (χ0n) is 10.5. The smallest absolute Gasteiger partial charge is 0.257 e. The lowest BCUT2D eigenvalue weighted by atomic mass is 10.0. The number of rotatable bonds is 2. The number of fused-ring (bicyclic) bond motifs is 1. The number of hydrogen-bond acceptors (Lipinski definition) is 4. The third-order valence-corrected chi connectivity index (χ3v) is 4.14. The van der Waals surface area contributed by atoms with Gasteiger partial charge >= 0.3 is 0 Å². The van der Waals surface area contributed by atoms with Gasteiger partial charge in [-0.15, -0.1) is 0 Å². The van der Waals surface area contributed by atoms with Crippen LogP contribution in [0.25, 0.3) is 0 Å². The molecule has 1 saturated heterocycles. The van der Waals surface area contributed by atoms with Gasteiger partial charge in [0.1, 0.15) is 6.33 Å². The zero-order chi connectivity index (χ0) is 12.5. The number of nitrogens with zero attached hydrogens (tertiary/aromatic N) is 3. The molecule has 1 aromatic rings. The summed E-state index contributed by atoms with van der Waals surface area (Å²) in [6.07, 6.45) is 7.16.